The van der Waals surface area contributed by atoms with Crippen LogP contribution in [0.4, 0.5) is 0 Å². The zero-order valence-corrected chi connectivity index (χ0v) is 28.2. The third-order valence-electron chi connectivity index (χ3n) is 10.5. The van der Waals surface area contributed by atoms with Gasteiger partial charge in [-0.15, -0.1) is 0 Å². The molecule has 7 aromatic rings. The fraction of sp³-hybridized carbons (Fsp3) is 0.0638. The smallest absolute Gasteiger partial charge is 0.0979 e. The highest BCUT2D eigenvalue weighted by Gasteiger charge is 2.26. The Balaban J connectivity index is 1.29. The summed E-state index contributed by atoms with van der Waals surface area (Å²) in [6, 6.07) is 43.4. The van der Waals surface area contributed by atoms with Gasteiger partial charge in [-0.25, -0.2) is 9.97 Å². The minimum atomic E-state index is 0.175. The van der Waals surface area contributed by atoms with E-state index in [0.717, 1.165) is 73.4 Å². The third kappa shape index (κ3) is 4.91. The maximum Gasteiger partial charge on any atom is 0.0979 e. The Labute approximate surface area is 297 Å². The quantitative estimate of drug-likeness (QED) is 0.192. The highest BCUT2D eigenvalue weighted by molar-refractivity contribution is 6.12. The molecule has 0 spiro atoms. The molecule has 1 unspecified atom stereocenters. The van der Waals surface area contributed by atoms with Crippen LogP contribution in [0.3, 0.4) is 0 Å². The van der Waals surface area contributed by atoms with E-state index in [1.165, 1.54) is 27.5 Å². The predicted molar refractivity (Wildman–Crippen MR) is 212 cm³/mol. The molecule has 1 aliphatic carbocycles. The second-order valence-electron chi connectivity index (χ2n) is 13.5. The molecule has 1 atom stereocenters. The molecule has 4 heterocycles. The van der Waals surface area contributed by atoms with E-state index in [4.69, 9.17) is 9.97 Å². The van der Waals surface area contributed by atoms with Gasteiger partial charge >= 0.3 is 0 Å². The molecule has 5 aromatic carbocycles. The van der Waals surface area contributed by atoms with E-state index < -0.39 is 0 Å². The lowest BCUT2D eigenvalue weighted by molar-refractivity contribution is 0.445. The minimum absolute atomic E-state index is 0.175. The standard InChI is InChI=1S/C47H34N4/c1-51-44-21-10-8-15-32(44)22-25-45(51)40-28-41(31-13-3-2-4-14-31)49-47-38(40)24-23-37-39(42-26-33-16-5-6-17-34(33)29-48-42)27-43(50-46(37)47)36-20-11-18-30-12-7-9-19-35(30)36/h2-28,44,48H,29H2,1H3. The van der Waals surface area contributed by atoms with Crippen LogP contribution in [0.25, 0.3) is 72.6 Å². The average molecular weight is 655 g/mol. The fourth-order valence-electron chi connectivity index (χ4n) is 7.93. The van der Waals surface area contributed by atoms with Crippen LogP contribution >= 0.6 is 0 Å². The highest BCUT2D eigenvalue weighted by Crippen LogP contribution is 2.41. The number of fused-ring (bicyclic) bond motifs is 6. The van der Waals surface area contributed by atoms with Gasteiger partial charge in [0, 0.05) is 58.0 Å². The second-order valence-corrected chi connectivity index (χ2v) is 13.5. The van der Waals surface area contributed by atoms with Crippen molar-refractivity contribution >= 4 is 50.0 Å². The van der Waals surface area contributed by atoms with Gasteiger partial charge in [0.1, 0.15) is 0 Å². The number of allylic oxidation sites excluding steroid dienone is 4. The molecule has 4 heteroatoms. The van der Waals surface area contributed by atoms with E-state index in [1.807, 2.05) is 0 Å². The van der Waals surface area contributed by atoms with Crippen LogP contribution in [0, 0.1) is 0 Å². The van der Waals surface area contributed by atoms with Gasteiger partial charge in [0.05, 0.1) is 28.5 Å². The first-order chi connectivity index (χ1) is 25.2. The Morgan fingerprint density at radius 3 is 2.29 bits per heavy atom. The molecule has 0 bridgehead atoms. The number of hydrogen-bond donors (Lipinski definition) is 1. The van der Waals surface area contributed by atoms with Crippen LogP contribution < -0.4 is 5.32 Å². The second kappa shape index (κ2) is 11.8. The maximum absolute atomic E-state index is 5.55. The first-order valence-corrected chi connectivity index (χ1v) is 17.6. The lowest BCUT2D eigenvalue weighted by Gasteiger charge is -2.35. The SMILES string of the molecule is CN1C(c2cc(-c3ccccc3)nc3c2ccc2c(C4=Cc5ccccc5CN4)cc(-c4cccc5ccccc45)nc23)=CC=C2C=CC=CC21. The van der Waals surface area contributed by atoms with E-state index in [9.17, 15) is 0 Å². The van der Waals surface area contributed by atoms with Crippen LogP contribution in [-0.2, 0) is 6.54 Å². The Bertz CT molecular complexity index is 2710. The van der Waals surface area contributed by atoms with Crippen LogP contribution in [0.5, 0.6) is 0 Å². The van der Waals surface area contributed by atoms with E-state index in [1.54, 1.807) is 0 Å². The summed E-state index contributed by atoms with van der Waals surface area (Å²) >= 11 is 0. The average Bonchev–Trinajstić information content (AvgIpc) is 3.20. The van der Waals surface area contributed by atoms with Crippen molar-refractivity contribution in [2.24, 2.45) is 0 Å². The van der Waals surface area contributed by atoms with Crippen LogP contribution in [0.2, 0.25) is 0 Å². The van der Waals surface area contributed by atoms with Crippen molar-refractivity contribution < 1.29 is 0 Å². The monoisotopic (exact) mass is 654 g/mol. The van der Waals surface area contributed by atoms with Crippen molar-refractivity contribution in [2.45, 2.75) is 12.6 Å². The Hall–Kier alpha value is -6.52. The summed E-state index contributed by atoms with van der Waals surface area (Å²) < 4.78 is 0. The van der Waals surface area contributed by atoms with Crippen LogP contribution in [0.1, 0.15) is 22.3 Å². The number of benzene rings is 5. The molecule has 3 aliphatic rings. The van der Waals surface area contributed by atoms with Gasteiger partial charge in [-0.2, -0.15) is 0 Å². The number of pyridine rings is 2. The first-order valence-electron chi connectivity index (χ1n) is 17.6. The summed E-state index contributed by atoms with van der Waals surface area (Å²) in [7, 11) is 2.19. The molecule has 0 fully saturated rings. The number of aromatic nitrogens is 2. The van der Waals surface area contributed by atoms with Gasteiger partial charge in [0.15, 0.2) is 0 Å². The van der Waals surface area contributed by atoms with E-state index in [0.29, 0.717) is 0 Å². The lowest BCUT2D eigenvalue weighted by Crippen LogP contribution is -2.32. The number of nitrogens with one attached hydrogen (secondary N) is 1. The zero-order chi connectivity index (χ0) is 33.9. The summed E-state index contributed by atoms with van der Waals surface area (Å²) in [4.78, 5) is 13.4. The largest absolute Gasteiger partial charge is 0.380 e. The molecular weight excluding hydrogens is 621 g/mol. The first kappa shape index (κ1) is 29.4. The van der Waals surface area contributed by atoms with Crippen molar-refractivity contribution in [3.63, 3.8) is 0 Å². The van der Waals surface area contributed by atoms with Gasteiger partial charge in [-0.05, 0) is 51.8 Å². The molecular formula is C47H34N4. The Morgan fingerprint density at radius 2 is 1.39 bits per heavy atom. The van der Waals surface area contributed by atoms with Crippen molar-refractivity contribution in [1.29, 1.82) is 0 Å². The molecule has 2 aliphatic heterocycles. The van der Waals surface area contributed by atoms with Gasteiger partial charge in [0.2, 0.25) is 0 Å². The predicted octanol–water partition coefficient (Wildman–Crippen LogP) is 10.6. The molecule has 1 N–H and O–H groups in total. The molecule has 0 amide bonds. The Kier molecular flexibility index (Phi) is 6.81. The van der Waals surface area contributed by atoms with E-state index >= 15 is 0 Å². The highest BCUT2D eigenvalue weighted by atomic mass is 15.1. The summed E-state index contributed by atoms with van der Waals surface area (Å²) in [5.74, 6) is 0. The van der Waals surface area contributed by atoms with Crippen molar-refractivity contribution in [1.82, 2.24) is 20.2 Å². The summed E-state index contributed by atoms with van der Waals surface area (Å²) in [5.41, 5.74) is 14.2. The van der Waals surface area contributed by atoms with Crippen molar-refractivity contribution in [2.75, 3.05) is 7.05 Å². The van der Waals surface area contributed by atoms with Crippen molar-refractivity contribution in [3.05, 3.63) is 186 Å². The Morgan fingerprint density at radius 1 is 0.647 bits per heavy atom. The lowest BCUT2D eigenvalue weighted by atomic mass is 9.91. The summed E-state index contributed by atoms with van der Waals surface area (Å²) in [5, 5.41) is 8.28. The number of likely N-dealkylation sites (N-methyl/N-ethyl adjacent to an activating group) is 1. The fourth-order valence-corrected chi connectivity index (χ4v) is 7.93. The van der Waals surface area contributed by atoms with Gasteiger partial charge < -0.3 is 10.2 Å². The van der Waals surface area contributed by atoms with Gasteiger partial charge in [-0.3, -0.25) is 0 Å². The third-order valence-corrected chi connectivity index (χ3v) is 10.5. The number of rotatable bonds is 4. The molecule has 51 heavy (non-hydrogen) atoms. The molecule has 10 rings (SSSR count). The number of nitrogens with zero attached hydrogens (tertiary/aromatic N) is 3. The maximum atomic E-state index is 5.55. The zero-order valence-electron chi connectivity index (χ0n) is 28.2. The minimum Gasteiger partial charge on any atom is -0.380 e. The normalized spacial score (nSPS) is 16.4. The topological polar surface area (TPSA) is 41.1 Å². The van der Waals surface area contributed by atoms with Crippen LogP contribution in [0.15, 0.2) is 163 Å². The molecule has 242 valence electrons. The van der Waals surface area contributed by atoms with Gasteiger partial charge in [-0.1, -0.05) is 140 Å². The van der Waals surface area contributed by atoms with Crippen LogP contribution in [-0.4, -0.2) is 28.0 Å². The molecule has 4 nitrogen and oxygen atoms in total. The number of hydrogen-bond acceptors (Lipinski definition) is 4. The molecule has 0 saturated carbocycles. The van der Waals surface area contributed by atoms with E-state index in [2.05, 4.69) is 181 Å². The molecule has 0 saturated heterocycles. The van der Waals surface area contributed by atoms with Crippen molar-refractivity contribution in [3.8, 4) is 22.5 Å². The molecule has 2 aromatic heterocycles. The van der Waals surface area contributed by atoms with E-state index in [-0.39, 0.29) is 6.04 Å². The van der Waals surface area contributed by atoms with Gasteiger partial charge in [0.25, 0.3) is 0 Å². The summed E-state index contributed by atoms with van der Waals surface area (Å²) in [6.07, 6.45) is 15.5. The molecule has 0 radical (unpaired) electrons. The summed E-state index contributed by atoms with van der Waals surface area (Å²) in [6.45, 7) is 0.768.